The first-order chi connectivity index (χ1) is 13.9. The first-order valence-corrected chi connectivity index (χ1v) is 11.9. The van der Waals surface area contributed by atoms with Gasteiger partial charge in [0.25, 0.3) is 5.91 Å². The van der Waals surface area contributed by atoms with Gasteiger partial charge in [-0.2, -0.15) is 0 Å². The average molecular weight is 469 g/mol. The van der Waals surface area contributed by atoms with Crippen LogP contribution < -0.4 is 10.2 Å². The molecule has 1 amide bonds. The van der Waals surface area contributed by atoms with Gasteiger partial charge in [-0.05, 0) is 37.1 Å². The number of aryl methyl sites for hydroxylation is 2. The van der Waals surface area contributed by atoms with Gasteiger partial charge in [0.15, 0.2) is 5.13 Å². The second-order valence-corrected chi connectivity index (χ2v) is 10.5. The summed E-state index contributed by atoms with van der Waals surface area (Å²) in [5.41, 5.74) is 4.09. The number of anilines is 1. The maximum Gasteiger partial charge on any atom is 0.253 e. The lowest BCUT2D eigenvalue weighted by Gasteiger charge is -2.34. The zero-order valence-electron chi connectivity index (χ0n) is 16.3. The number of fused-ring (bicyclic) bond motifs is 1. The normalized spacial score (nSPS) is 15.2. The summed E-state index contributed by atoms with van der Waals surface area (Å²) >= 11 is 14.9. The highest BCUT2D eigenvalue weighted by Crippen LogP contribution is 2.32. The van der Waals surface area contributed by atoms with E-state index < -0.39 is 0 Å². The lowest BCUT2D eigenvalue weighted by atomic mass is 10.1. The van der Waals surface area contributed by atoms with Gasteiger partial charge in [0.05, 0.1) is 20.1 Å². The van der Waals surface area contributed by atoms with E-state index in [1.807, 2.05) is 0 Å². The summed E-state index contributed by atoms with van der Waals surface area (Å²) in [6.07, 6.45) is 0. The molecule has 0 spiro atoms. The van der Waals surface area contributed by atoms with Crippen molar-refractivity contribution < 1.29 is 4.79 Å². The molecule has 3 heterocycles. The molecule has 0 atom stereocenters. The van der Waals surface area contributed by atoms with Gasteiger partial charge in [-0.3, -0.25) is 9.69 Å². The zero-order chi connectivity index (χ0) is 20.5. The summed E-state index contributed by atoms with van der Waals surface area (Å²) in [5.74, 6) is -0.170. The molecular formula is C20H22Cl2N4OS2. The number of hydrogen-bond donors (Lipinski definition) is 1. The smallest absolute Gasteiger partial charge is 0.253 e. The number of halogens is 2. The lowest BCUT2D eigenvalue weighted by molar-refractivity contribution is 0.0948. The fourth-order valence-corrected chi connectivity index (χ4v) is 6.23. The molecule has 1 N–H and O–H groups in total. The van der Waals surface area contributed by atoms with Crippen LogP contribution in [0.25, 0.3) is 10.2 Å². The molecule has 29 heavy (non-hydrogen) atoms. The van der Waals surface area contributed by atoms with E-state index in [4.69, 9.17) is 28.2 Å². The number of carbonyl (C=O) groups excluding carboxylic acids is 1. The number of hydrogen-bond acceptors (Lipinski definition) is 6. The fourth-order valence-electron chi connectivity index (χ4n) is 3.57. The van der Waals surface area contributed by atoms with Crippen molar-refractivity contribution in [3.63, 3.8) is 0 Å². The number of piperazine rings is 1. The fraction of sp³-hybridized carbons (Fsp3) is 0.400. The highest BCUT2D eigenvalue weighted by molar-refractivity contribution is 7.22. The van der Waals surface area contributed by atoms with Crippen molar-refractivity contribution in [1.29, 1.82) is 0 Å². The highest BCUT2D eigenvalue weighted by Gasteiger charge is 2.21. The lowest BCUT2D eigenvalue weighted by Crippen LogP contribution is -2.48. The molecule has 1 aromatic carbocycles. The number of thiazole rings is 1. The third-order valence-electron chi connectivity index (χ3n) is 5.08. The Bertz CT molecular complexity index is 1040. The van der Waals surface area contributed by atoms with Crippen LogP contribution in [-0.4, -0.2) is 55.1 Å². The van der Waals surface area contributed by atoms with Gasteiger partial charge in [0, 0.05) is 39.3 Å². The van der Waals surface area contributed by atoms with Gasteiger partial charge in [0.2, 0.25) is 0 Å². The molecule has 1 aliphatic rings. The Hall–Kier alpha value is -1.38. The van der Waals surface area contributed by atoms with Gasteiger partial charge >= 0.3 is 0 Å². The molecule has 2 aromatic heterocycles. The van der Waals surface area contributed by atoms with Gasteiger partial charge in [0.1, 0.15) is 4.34 Å². The maximum atomic E-state index is 12.2. The van der Waals surface area contributed by atoms with E-state index in [2.05, 4.69) is 41.1 Å². The first kappa shape index (κ1) is 20.9. The van der Waals surface area contributed by atoms with Gasteiger partial charge in [-0.1, -0.05) is 40.6 Å². The van der Waals surface area contributed by atoms with Crippen LogP contribution in [0.2, 0.25) is 8.67 Å². The predicted molar refractivity (Wildman–Crippen MR) is 124 cm³/mol. The molecule has 9 heteroatoms. The van der Waals surface area contributed by atoms with Crippen molar-refractivity contribution in [2.24, 2.45) is 0 Å². The van der Waals surface area contributed by atoms with Crippen LogP contribution in [0.15, 0.2) is 18.2 Å². The Kier molecular flexibility index (Phi) is 6.32. The summed E-state index contributed by atoms with van der Waals surface area (Å²) in [7, 11) is 0. The number of amides is 1. The number of rotatable bonds is 5. The van der Waals surface area contributed by atoms with Gasteiger partial charge in [-0.25, -0.2) is 4.98 Å². The van der Waals surface area contributed by atoms with E-state index in [1.54, 1.807) is 17.4 Å². The summed E-state index contributed by atoms with van der Waals surface area (Å²) in [5, 5.41) is 4.03. The summed E-state index contributed by atoms with van der Waals surface area (Å²) in [4.78, 5) is 21.8. The van der Waals surface area contributed by atoms with Crippen molar-refractivity contribution in [2.75, 3.05) is 44.2 Å². The van der Waals surface area contributed by atoms with Crippen molar-refractivity contribution in [1.82, 2.24) is 15.2 Å². The molecule has 0 aliphatic carbocycles. The van der Waals surface area contributed by atoms with Crippen molar-refractivity contribution >= 4 is 67.1 Å². The monoisotopic (exact) mass is 468 g/mol. The molecule has 0 radical (unpaired) electrons. The molecular weight excluding hydrogens is 447 g/mol. The van der Waals surface area contributed by atoms with Crippen LogP contribution in [0.4, 0.5) is 5.13 Å². The predicted octanol–water partition coefficient (Wildman–Crippen LogP) is 4.83. The van der Waals surface area contributed by atoms with Crippen LogP contribution in [0.5, 0.6) is 0 Å². The molecule has 3 aromatic rings. The van der Waals surface area contributed by atoms with E-state index in [1.165, 1.54) is 27.2 Å². The van der Waals surface area contributed by atoms with Crippen molar-refractivity contribution in [3.05, 3.63) is 43.6 Å². The number of aromatic nitrogens is 1. The molecule has 0 saturated carbocycles. The van der Waals surface area contributed by atoms with E-state index in [0.29, 0.717) is 20.8 Å². The Labute approximate surface area is 188 Å². The molecule has 5 nitrogen and oxygen atoms in total. The molecule has 1 fully saturated rings. The first-order valence-electron chi connectivity index (χ1n) is 9.49. The van der Waals surface area contributed by atoms with Crippen LogP contribution in [0.3, 0.4) is 0 Å². The topological polar surface area (TPSA) is 48.5 Å². The molecule has 4 rings (SSSR count). The molecule has 0 bridgehead atoms. The van der Waals surface area contributed by atoms with Gasteiger partial charge < -0.3 is 10.2 Å². The molecule has 154 valence electrons. The Morgan fingerprint density at radius 2 is 1.90 bits per heavy atom. The third-order valence-corrected chi connectivity index (χ3v) is 7.63. The number of nitrogens with one attached hydrogen (secondary N) is 1. The number of carbonyl (C=O) groups is 1. The Morgan fingerprint density at radius 3 is 2.59 bits per heavy atom. The number of thiophene rings is 1. The number of nitrogens with zero attached hydrogens (tertiary/aromatic N) is 3. The maximum absolute atomic E-state index is 12.2. The molecule has 1 aliphatic heterocycles. The zero-order valence-corrected chi connectivity index (χ0v) is 19.4. The van der Waals surface area contributed by atoms with Crippen LogP contribution >= 0.6 is 45.9 Å². The van der Waals surface area contributed by atoms with E-state index in [9.17, 15) is 4.79 Å². The van der Waals surface area contributed by atoms with E-state index >= 15 is 0 Å². The van der Waals surface area contributed by atoms with Crippen LogP contribution in [-0.2, 0) is 0 Å². The average Bonchev–Trinajstić information content (AvgIpc) is 3.25. The minimum atomic E-state index is -0.170. The van der Waals surface area contributed by atoms with Crippen molar-refractivity contribution in [3.8, 4) is 0 Å². The van der Waals surface area contributed by atoms with E-state index in [0.717, 1.165) is 43.4 Å². The quantitative estimate of drug-likeness (QED) is 0.582. The summed E-state index contributed by atoms with van der Waals surface area (Å²) in [6.45, 7) is 9.45. The Morgan fingerprint density at radius 1 is 1.14 bits per heavy atom. The number of benzene rings is 1. The van der Waals surface area contributed by atoms with Crippen molar-refractivity contribution in [2.45, 2.75) is 13.8 Å². The second-order valence-electron chi connectivity index (χ2n) is 7.25. The SMILES string of the molecule is Cc1cc(C)c2nc(N3CCN(CCNC(=O)c4cc(Cl)sc4Cl)CC3)sc2c1. The molecule has 0 unspecified atom stereocenters. The second kappa shape index (κ2) is 8.78. The van der Waals surface area contributed by atoms with Gasteiger partial charge in [-0.15, -0.1) is 11.3 Å². The molecule has 1 saturated heterocycles. The largest absolute Gasteiger partial charge is 0.351 e. The third kappa shape index (κ3) is 4.70. The highest BCUT2D eigenvalue weighted by atomic mass is 35.5. The minimum Gasteiger partial charge on any atom is -0.351 e. The van der Waals surface area contributed by atoms with Crippen LogP contribution in [0, 0.1) is 13.8 Å². The minimum absolute atomic E-state index is 0.170. The van der Waals surface area contributed by atoms with E-state index in [-0.39, 0.29) is 5.91 Å². The van der Waals surface area contributed by atoms with Crippen LogP contribution in [0.1, 0.15) is 21.5 Å². The summed E-state index contributed by atoms with van der Waals surface area (Å²) < 4.78 is 2.22. The summed E-state index contributed by atoms with van der Waals surface area (Å²) in [6, 6.07) is 6.02. The standard InChI is InChI=1S/C20H22Cl2N4OS2/c1-12-9-13(2)17-15(10-12)28-20(24-17)26-7-5-25(6-8-26)4-3-23-19(27)14-11-16(21)29-18(14)22/h9-11H,3-8H2,1-2H3,(H,23,27). The Balaban J connectivity index is 1.28.